The molecule has 4 heteroatoms. The van der Waals surface area contributed by atoms with Crippen molar-refractivity contribution < 1.29 is 4.79 Å². The van der Waals surface area contributed by atoms with Crippen molar-refractivity contribution in [3.8, 4) is 0 Å². The van der Waals surface area contributed by atoms with Gasteiger partial charge in [-0.05, 0) is 31.6 Å². The fraction of sp³-hybridized carbons (Fsp3) is 0.933. The van der Waals surface area contributed by atoms with Crippen molar-refractivity contribution in [3.63, 3.8) is 0 Å². The van der Waals surface area contributed by atoms with E-state index in [2.05, 4.69) is 31.0 Å². The molecule has 4 nitrogen and oxygen atoms in total. The molecule has 19 heavy (non-hydrogen) atoms. The number of hydrogen-bond donors (Lipinski definition) is 2. The van der Waals surface area contributed by atoms with Gasteiger partial charge < -0.3 is 11.1 Å². The zero-order valence-corrected chi connectivity index (χ0v) is 13.0. The third-order valence-electron chi connectivity index (χ3n) is 4.30. The molecule has 1 fully saturated rings. The fourth-order valence-corrected chi connectivity index (χ4v) is 2.66. The summed E-state index contributed by atoms with van der Waals surface area (Å²) < 4.78 is 0. The van der Waals surface area contributed by atoms with Crippen LogP contribution in [0.4, 0.5) is 0 Å². The normalized spacial score (nSPS) is 26.4. The Morgan fingerprint density at radius 3 is 2.68 bits per heavy atom. The number of likely N-dealkylation sites (tertiary alicyclic amines) is 1. The maximum Gasteiger partial charge on any atom is 0.237 e. The van der Waals surface area contributed by atoms with Crippen LogP contribution in [-0.2, 0) is 4.79 Å². The molecule has 0 aliphatic carbocycles. The average molecular weight is 269 g/mol. The van der Waals surface area contributed by atoms with Gasteiger partial charge in [-0.2, -0.15) is 0 Å². The van der Waals surface area contributed by atoms with E-state index >= 15 is 0 Å². The number of rotatable bonds is 6. The lowest BCUT2D eigenvalue weighted by molar-refractivity contribution is -0.126. The summed E-state index contributed by atoms with van der Waals surface area (Å²) >= 11 is 0. The molecule has 0 spiro atoms. The van der Waals surface area contributed by atoms with E-state index in [-0.39, 0.29) is 11.9 Å². The maximum atomic E-state index is 12.1. The van der Waals surface area contributed by atoms with Gasteiger partial charge in [0.2, 0.25) is 5.91 Å². The molecule has 0 aromatic rings. The Morgan fingerprint density at radius 1 is 1.42 bits per heavy atom. The first-order valence-electron chi connectivity index (χ1n) is 7.73. The van der Waals surface area contributed by atoms with E-state index in [1.54, 1.807) is 0 Å². The summed E-state index contributed by atoms with van der Waals surface area (Å²) in [5, 5.41) is 3.04. The van der Waals surface area contributed by atoms with Crippen molar-refractivity contribution in [3.05, 3.63) is 0 Å². The molecule has 3 atom stereocenters. The smallest absolute Gasteiger partial charge is 0.237 e. The first-order chi connectivity index (χ1) is 8.95. The molecule has 0 aromatic heterocycles. The van der Waals surface area contributed by atoms with Crippen LogP contribution < -0.4 is 11.1 Å². The molecule has 1 aliphatic rings. The molecular formula is C15H31N3O. The van der Waals surface area contributed by atoms with Crippen molar-refractivity contribution >= 4 is 5.91 Å². The van der Waals surface area contributed by atoms with Crippen LogP contribution in [-0.4, -0.2) is 42.5 Å². The van der Waals surface area contributed by atoms with Gasteiger partial charge in [0.1, 0.15) is 0 Å². The van der Waals surface area contributed by atoms with Gasteiger partial charge in [-0.3, -0.25) is 9.69 Å². The van der Waals surface area contributed by atoms with E-state index in [0.29, 0.717) is 17.9 Å². The van der Waals surface area contributed by atoms with Crippen molar-refractivity contribution in [1.82, 2.24) is 10.2 Å². The molecule has 0 saturated carbocycles. The zero-order chi connectivity index (χ0) is 14.4. The van der Waals surface area contributed by atoms with E-state index in [0.717, 1.165) is 38.9 Å². The van der Waals surface area contributed by atoms with E-state index in [1.807, 2.05) is 6.92 Å². The second-order valence-electron chi connectivity index (χ2n) is 6.27. The van der Waals surface area contributed by atoms with Crippen LogP contribution in [0, 0.1) is 11.8 Å². The molecule has 0 bridgehead atoms. The summed E-state index contributed by atoms with van der Waals surface area (Å²) in [7, 11) is 0. The Labute approximate surface area is 118 Å². The Hall–Kier alpha value is -0.610. The summed E-state index contributed by atoms with van der Waals surface area (Å²) in [6.07, 6.45) is 3.14. The lowest BCUT2D eigenvalue weighted by atomic mass is 9.90. The minimum atomic E-state index is -0.0336. The first-order valence-corrected chi connectivity index (χ1v) is 7.73. The van der Waals surface area contributed by atoms with Crippen molar-refractivity contribution in [2.75, 3.05) is 19.6 Å². The molecule has 1 heterocycles. The van der Waals surface area contributed by atoms with Gasteiger partial charge in [-0.1, -0.05) is 27.2 Å². The van der Waals surface area contributed by atoms with Crippen LogP contribution in [0.2, 0.25) is 0 Å². The molecule has 112 valence electrons. The molecule has 0 aromatic carbocycles. The second kappa shape index (κ2) is 7.85. The van der Waals surface area contributed by atoms with Gasteiger partial charge in [-0.15, -0.1) is 0 Å². The molecular weight excluding hydrogens is 238 g/mol. The van der Waals surface area contributed by atoms with Crippen LogP contribution in [0.15, 0.2) is 0 Å². The van der Waals surface area contributed by atoms with Crippen LogP contribution in [0.3, 0.4) is 0 Å². The number of carbonyl (C=O) groups excluding carboxylic acids is 1. The number of amides is 1. The predicted molar refractivity (Wildman–Crippen MR) is 79.9 cm³/mol. The number of nitrogens with two attached hydrogens (primary N) is 1. The fourth-order valence-electron chi connectivity index (χ4n) is 2.66. The van der Waals surface area contributed by atoms with Crippen molar-refractivity contribution in [1.29, 1.82) is 0 Å². The van der Waals surface area contributed by atoms with E-state index in [9.17, 15) is 4.79 Å². The minimum absolute atomic E-state index is 0.0336. The van der Waals surface area contributed by atoms with Gasteiger partial charge in [0, 0.05) is 25.7 Å². The highest BCUT2D eigenvalue weighted by Gasteiger charge is 2.30. The minimum Gasteiger partial charge on any atom is -0.355 e. The highest BCUT2D eigenvalue weighted by Crippen LogP contribution is 2.20. The van der Waals surface area contributed by atoms with Gasteiger partial charge in [0.15, 0.2) is 0 Å². The van der Waals surface area contributed by atoms with Gasteiger partial charge >= 0.3 is 0 Å². The number of piperidine rings is 1. The van der Waals surface area contributed by atoms with Crippen LogP contribution in [0.1, 0.15) is 47.0 Å². The van der Waals surface area contributed by atoms with Gasteiger partial charge in [0.05, 0.1) is 6.04 Å². The van der Waals surface area contributed by atoms with Gasteiger partial charge in [0.25, 0.3) is 0 Å². The zero-order valence-electron chi connectivity index (χ0n) is 13.0. The largest absolute Gasteiger partial charge is 0.355 e. The molecule has 1 amide bonds. The lowest BCUT2D eigenvalue weighted by Crippen LogP contribution is -2.53. The van der Waals surface area contributed by atoms with Gasteiger partial charge in [-0.25, -0.2) is 0 Å². The Bertz CT molecular complexity index is 281. The highest BCUT2D eigenvalue weighted by molar-refractivity contribution is 5.81. The summed E-state index contributed by atoms with van der Waals surface area (Å²) in [5.74, 6) is 1.32. The lowest BCUT2D eigenvalue weighted by Gasteiger charge is -2.39. The Kier molecular flexibility index (Phi) is 6.80. The summed E-state index contributed by atoms with van der Waals surface area (Å²) in [6.45, 7) is 11.2. The topological polar surface area (TPSA) is 58.4 Å². The predicted octanol–water partition coefficient (Wildman–Crippen LogP) is 1.60. The van der Waals surface area contributed by atoms with Crippen LogP contribution in [0.25, 0.3) is 0 Å². The van der Waals surface area contributed by atoms with Crippen LogP contribution in [0.5, 0.6) is 0 Å². The maximum absolute atomic E-state index is 12.1. The summed E-state index contributed by atoms with van der Waals surface area (Å²) in [5.41, 5.74) is 6.11. The summed E-state index contributed by atoms with van der Waals surface area (Å²) in [4.78, 5) is 14.4. The highest BCUT2D eigenvalue weighted by atomic mass is 16.2. The Morgan fingerprint density at radius 2 is 2.11 bits per heavy atom. The molecule has 1 rings (SSSR count). The monoisotopic (exact) mass is 269 g/mol. The third kappa shape index (κ3) is 5.11. The summed E-state index contributed by atoms with van der Waals surface area (Å²) in [6, 6.07) is 0.270. The first kappa shape index (κ1) is 16.4. The van der Waals surface area contributed by atoms with Crippen molar-refractivity contribution in [2.24, 2.45) is 17.6 Å². The number of hydrogen-bond acceptors (Lipinski definition) is 3. The number of carbonyl (C=O) groups is 1. The molecule has 1 aliphatic heterocycles. The molecule has 1 saturated heterocycles. The molecule has 3 unspecified atom stereocenters. The second-order valence-corrected chi connectivity index (χ2v) is 6.27. The number of nitrogens with zero attached hydrogens (tertiary/aromatic N) is 1. The van der Waals surface area contributed by atoms with Crippen LogP contribution >= 0.6 is 0 Å². The molecule has 0 radical (unpaired) electrons. The average Bonchev–Trinajstić information content (AvgIpc) is 2.38. The quantitative estimate of drug-likeness (QED) is 0.770. The Balaban J connectivity index is 2.39. The van der Waals surface area contributed by atoms with E-state index in [1.165, 1.54) is 0 Å². The van der Waals surface area contributed by atoms with E-state index < -0.39 is 0 Å². The SMILES string of the molecule is CCC1CN(C(C)C(=O)NCCC(C)C)CCC1N. The van der Waals surface area contributed by atoms with Crippen molar-refractivity contribution in [2.45, 2.75) is 59.0 Å². The standard InChI is InChI=1S/C15H31N3O/c1-5-13-10-18(9-7-14(13)16)12(4)15(19)17-8-6-11(2)3/h11-14H,5-10,16H2,1-4H3,(H,17,19). The third-order valence-corrected chi connectivity index (χ3v) is 4.30. The number of nitrogens with one attached hydrogen (secondary N) is 1. The van der Waals surface area contributed by atoms with E-state index in [4.69, 9.17) is 5.73 Å². The molecule has 3 N–H and O–H groups in total.